The second-order valence-corrected chi connectivity index (χ2v) is 8.79. The molecule has 4 rings (SSSR count). The third kappa shape index (κ3) is 3.44. The molecule has 1 unspecified atom stereocenters. The third-order valence-corrected chi connectivity index (χ3v) is 6.64. The van der Waals surface area contributed by atoms with Crippen molar-refractivity contribution in [1.29, 1.82) is 0 Å². The lowest BCUT2D eigenvalue weighted by molar-refractivity contribution is -0.127. The summed E-state index contributed by atoms with van der Waals surface area (Å²) in [4.78, 5) is 27.1. The SMILES string of the molecule is C=CC(=O)N1Cc2sc(Cl)cc2C(c2ccccc2-c2cnn(CC)c2C(=O)O)C1. The first-order chi connectivity index (χ1) is 14.4. The Labute approximate surface area is 183 Å². The molecule has 1 aromatic carbocycles. The fourth-order valence-electron chi connectivity index (χ4n) is 4.04. The smallest absolute Gasteiger partial charge is 0.354 e. The van der Waals surface area contributed by atoms with E-state index in [9.17, 15) is 14.7 Å². The summed E-state index contributed by atoms with van der Waals surface area (Å²) in [6.45, 7) is 6.88. The van der Waals surface area contributed by atoms with Gasteiger partial charge in [0.15, 0.2) is 5.69 Å². The highest BCUT2D eigenvalue weighted by atomic mass is 35.5. The van der Waals surface area contributed by atoms with Crippen LogP contribution in [0.4, 0.5) is 0 Å². The molecule has 8 heteroatoms. The molecule has 0 aliphatic carbocycles. The zero-order chi connectivity index (χ0) is 21.4. The van der Waals surface area contributed by atoms with E-state index in [0.717, 1.165) is 21.6 Å². The second kappa shape index (κ2) is 8.08. The first kappa shape index (κ1) is 20.4. The van der Waals surface area contributed by atoms with Crippen molar-refractivity contribution in [2.45, 2.75) is 25.9 Å². The van der Waals surface area contributed by atoms with E-state index in [1.165, 1.54) is 22.1 Å². The molecule has 30 heavy (non-hydrogen) atoms. The van der Waals surface area contributed by atoms with E-state index < -0.39 is 5.97 Å². The predicted octanol–water partition coefficient (Wildman–Crippen LogP) is 4.64. The Kier molecular flexibility index (Phi) is 5.49. The van der Waals surface area contributed by atoms with E-state index in [2.05, 4.69) is 11.7 Å². The minimum absolute atomic E-state index is 0.135. The van der Waals surface area contributed by atoms with Crippen LogP contribution in [-0.4, -0.2) is 38.2 Å². The van der Waals surface area contributed by atoms with Gasteiger partial charge in [0.2, 0.25) is 5.91 Å². The van der Waals surface area contributed by atoms with Crippen molar-refractivity contribution in [2.75, 3.05) is 6.54 Å². The van der Waals surface area contributed by atoms with Crippen LogP contribution in [-0.2, 0) is 17.9 Å². The summed E-state index contributed by atoms with van der Waals surface area (Å²) in [7, 11) is 0. The number of nitrogens with zero attached hydrogens (tertiary/aromatic N) is 3. The Morgan fingerprint density at radius 2 is 2.10 bits per heavy atom. The average Bonchev–Trinajstić information content (AvgIpc) is 3.34. The Balaban J connectivity index is 1.88. The van der Waals surface area contributed by atoms with Gasteiger partial charge in [-0.15, -0.1) is 11.3 Å². The number of hydrogen-bond donors (Lipinski definition) is 1. The van der Waals surface area contributed by atoms with Crippen LogP contribution in [0.2, 0.25) is 4.34 Å². The summed E-state index contributed by atoms with van der Waals surface area (Å²) in [6, 6.07) is 9.63. The summed E-state index contributed by atoms with van der Waals surface area (Å²) >= 11 is 7.78. The predicted molar refractivity (Wildman–Crippen MR) is 117 cm³/mol. The quantitative estimate of drug-likeness (QED) is 0.585. The maximum absolute atomic E-state index is 12.4. The number of carbonyl (C=O) groups excluding carboxylic acids is 1. The van der Waals surface area contributed by atoms with Crippen LogP contribution >= 0.6 is 22.9 Å². The molecule has 154 valence electrons. The van der Waals surface area contributed by atoms with E-state index in [1.807, 2.05) is 37.3 Å². The second-order valence-electron chi connectivity index (χ2n) is 7.02. The van der Waals surface area contributed by atoms with Gasteiger partial charge in [0.1, 0.15) is 0 Å². The lowest BCUT2D eigenvalue weighted by atomic mass is 9.84. The highest BCUT2D eigenvalue weighted by Crippen LogP contribution is 2.43. The summed E-state index contributed by atoms with van der Waals surface area (Å²) in [5.74, 6) is -1.30. The molecule has 1 N–H and O–H groups in total. The molecule has 0 spiro atoms. The molecular weight excluding hydrogens is 422 g/mol. The van der Waals surface area contributed by atoms with Crippen molar-refractivity contribution in [2.24, 2.45) is 0 Å². The zero-order valence-electron chi connectivity index (χ0n) is 16.3. The molecule has 1 amide bonds. The number of halogens is 1. The van der Waals surface area contributed by atoms with Crippen molar-refractivity contribution < 1.29 is 14.7 Å². The number of aromatic carboxylic acids is 1. The van der Waals surface area contributed by atoms with Crippen molar-refractivity contribution in [3.63, 3.8) is 0 Å². The van der Waals surface area contributed by atoms with Crippen LogP contribution < -0.4 is 0 Å². The Hall–Kier alpha value is -2.90. The minimum Gasteiger partial charge on any atom is -0.477 e. The lowest BCUT2D eigenvalue weighted by Crippen LogP contribution is -2.37. The molecule has 2 aromatic heterocycles. The molecule has 0 saturated heterocycles. The van der Waals surface area contributed by atoms with Gasteiger partial charge in [-0.2, -0.15) is 5.10 Å². The Morgan fingerprint density at radius 1 is 1.33 bits per heavy atom. The van der Waals surface area contributed by atoms with E-state index in [0.29, 0.717) is 29.5 Å². The average molecular weight is 442 g/mol. The third-order valence-electron chi connectivity index (χ3n) is 5.38. The topological polar surface area (TPSA) is 75.4 Å². The zero-order valence-corrected chi connectivity index (χ0v) is 17.9. The van der Waals surface area contributed by atoms with Gasteiger partial charge >= 0.3 is 5.97 Å². The van der Waals surface area contributed by atoms with E-state index >= 15 is 0 Å². The van der Waals surface area contributed by atoms with E-state index in [1.54, 1.807) is 11.1 Å². The fraction of sp³-hybridized carbons (Fsp3) is 0.227. The van der Waals surface area contributed by atoms with Crippen LogP contribution in [0.25, 0.3) is 11.1 Å². The number of benzene rings is 1. The maximum atomic E-state index is 12.4. The van der Waals surface area contributed by atoms with Gasteiger partial charge in [-0.1, -0.05) is 42.4 Å². The van der Waals surface area contributed by atoms with Crippen LogP contribution in [0.15, 0.2) is 49.2 Å². The summed E-state index contributed by atoms with van der Waals surface area (Å²) < 4.78 is 2.15. The molecule has 0 saturated carbocycles. The molecule has 0 fully saturated rings. The number of rotatable bonds is 5. The summed E-state index contributed by atoms with van der Waals surface area (Å²) in [5.41, 5.74) is 3.53. The number of hydrogen-bond acceptors (Lipinski definition) is 4. The largest absolute Gasteiger partial charge is 0.477 e. The highest BCUT2D eigenvalue weighted by Gasteiger charge is 2.32. The minimum atomic E-state index is -1.02. The first-order valence-corrected chi connectivity index (χ1v) is 10.7. The van der Waals surface area contributed by atoms with Crippen LogP contribution in [0, 0.1) is 0 Å². The van der Waals surface area contributed by atoms with Gasteiger partial charge in [-0.3, -0.25) is 9.48 Å². The molecule has 3 heterocycles. The first-order valence-electron chi connectivity index (χ1n) is 9.52. The standard InChI is InChI=1S/C22H20ClN3O3S/c1-3-20(27)25-11-17(15-9-19(23)30-18(15)12-25)14-8-6-5-7-13(14)16-10-24-26(4-2)21(16)22(28)29/h3,5-10,17H,1,4,11-12H2,2H3,(H,28,29). The van der Waals surface area contributed by atoms with Gasteiger partial charge in [0.25, 0.3) is 0 Å². The van der Waals surface area contributed by atoms with Crippen LogP contribution in [0.3, 0.4) is 0 Å². The molecule has 1 aliphatic rings. The number of carboxylic acid groups (broad SMARTS) is 1. The van der Waals surface area contributed by atoms with Crippen molar-refractivity contribution >= 4 is 34.8 Å². The number of fused-ring (bicyclic) bond motifs is 1. The molecule has 0 bridgehead atoms. The number of amides is 1. The Bertz CT molecular complexity index is 1150. The molecule has 1 atom stereocenters. The van der Waals surface area contributed by atoms with Gasteiger partial charge in [-0.05, 0) is 35.8 Å². The molecule has 6 nitrogen and oxygen atoms in total. The highest BCUT2D eigenvalue weighted by molar-refractivity contribution is 7.16. The Morgan fingerprint density at radius 3 is 2.80 bits per heavy atom. The van der Waals surface area contributed by atoms with E-state index in [-0.39, 0.29) is 17.5 Å². The van der Waals surface area contributed by atoms with Crippen LogP contribution in [0.1, 0.15) is 39.3 Å². The molecule has 3 aromatic rings. The maximum Gasteiger partial charge on any atom is 0.354 e. The van der Waals surface area contributed by atoms with Gasteiger partial charge in [0, 0.05) is 29.4 Å². The molecule has 0 radical (unpaired) electrons. The summed E-state index contributed by atoms with van der Waals surface area (Å²) in [6.07, 6.45) is 2.92. The number of carboxylic acids is 1. The van der Waals surface area contributed by atoms with Crippen molar-refractivity contribution in [3.05, 3.63) is 75.2 Å². The monoisotopic (exact) mass is 441 g/mol. The number of aryl methyl sites for hydroxylation is 1. The fourth-order valence-corrected chi connectivity index (χ4v) is 5.40. The number of thiophene rings is 1. The molecular formula is C22H20ClN3O3S. The van der Waals surface area contributed by atoms with E-state index in [4.69, 9.17) is 11.6 Å². The lowest BCUT2D eigenvalue weighted by Gasteiger charge is -2.33. The number of carbonyl (C=O) groups is 2. The van der Waals surface area contributed by atoms with Gasteiger partial charge in [-0.25, -0.2) is 4.79 Å². The normalized spacial score (nSPS) is 15.7. The summed E-state index contributed by atoms with van der Waals surface area (Å²) in [5, 5.41) is 14.1. The number of aromatic nitrogens is 2. The van der Waals surface area contributed by atoms with Gasteiger partial charge in [0.05, 0.1) is 17.1 Å². The van der Waals surface area contributed by atoms with Crippen LogP contribution in [0.5, 0.6) is 0 Å². The van der Waals surface area contributed by atoms with Gasteiger partial charge < -0.3 is 10.0 Å². The van der Waals surface area contributed by atoms with Crippen molar-refractivity contribution in [1.82, 2.24) is 14.7 Å². The van der Waals surface area contributed by atoms with Crippen molar-refractivity contribution in [3.8, 4) is 11.1 Å². The molecule has 1 aliphatic heterocycles.